The van der Waals surface area contributed by atoms with Gasteiger partial charge in [-0.2, -0.15) is 13.2 Å². The zero-order chi connectivity index (χ0) is 13.8. The van der Waals surface area contributed by atoms with E-state index in [1.165, 1.54) is 12.1 Å². The third-order valence-corrected chi connectivity index (χ3v) is 2.18. The van der Waals surface area contributed by atoms with E-state index in [4.69, 9.17) is 5.73 Å². The van der Waals surface area contributed by atoms with Crippen LogP contribution in [0.2, 0.25) is 0 Å². The largest absolute Gasteiger partial charge is 0.416 e. The minimum absolute atomic E-state index is 0.0895. The van der Waals surface area contributed by atoms with Gasteiger partial charge in [0, 0.05) is 6.04 Å². The second-order valence-corrected chi connectivity index (χ2v) is 4.16. The van der Waals surface area contributed by atoms with E-state index in [9.17, 15) is 13.2 Å². The highest BCUT2D eigenvalue weighted by Crippen LogP contribution is 2.32. The maximum absolute atomic E-state index is 12.7. The third-order valence-electron chi connectivity index (χ3n) is 2.18. The number of nitrogens with zero attached hydrogens (tertiary/aromatic N) is 1. The Kier molecular flexibility index (Phi) is 4.58. The minimum Gasteiger partial charge on any atom is -0.370 e. The van der Waals surface area contributed by atoms with Gasteiger partial charge in [-0.15, -0.1) is 0 Å². The lowest BCUT2D eigenvalue weighted by Crippen LogP contribution is -2.36. The average Bonchev–Trinajstić information content (AvgIpc) is 2.24. The maximum Gasteiger partial charge on any atom is 0.416 e. The number of halogens is 3. The molecule has 100 valence electrons. The van der Waals surface area contributed by atoms with Gasteiger partial charge in [-0.1, -0.05) is 18.2 Å². The molecule has 0 radical (unpaired) electrons. The summed E-state index contributed by atoms with van der Waals surface area (Å²) in [4.78, 5) is 3.89. The van der Waals surface area contributed by atoms with Crippen LogP contribution < -0.4 is 11.1 Å². The minimum atomic E-state index is -4.37. The highest BCUT2D eigenvalue weighted by Gasteiger charge is 2.32. The molecule has 0 aromatic heterocycles. The van der Waals surface area contributed by atoms with Crippen LogP contribution in [0.4, 0.5) is 13.2 Å². The van der Waals surface area contributed by atoms with Gasteiger partial charge in [-0.25, -0.2) is 4.99 Å². The van der Waals surface area contributed by atoms with E-state index in [-0.39, 0.29) is 24.1 Å². The number of guanidine groups is 1. The summed E-state index contributed by atoms with van der Waals surface area (Å²) >= 11 is 0. The van der Waals surface area contributed by atoms with Crippen LogP contribution in [0.25, 0.3) is 0 Å². The standard InChI is InChI=1S/C12H16F3N3/c1-8(2)18-11(16)17-7-9-5-3-4-6-10(9)12(13,14)15/h3-6,8H,7H2,1-2H3,(H3,16,17,18). The highest BCUT2D eigenvalue weighted by atomic mass is 19.4. The molecule has 0 amide bonds. The number of nitrogens with two attached hydrogens (primary N) is 1. The van der Waals surface area contributed by atoms with Crippen LogP contribution in [0.15, 0.2) is 29.3 Å². The van der Waals surface area contributed by atoms with Gasteiger partial charge in [0.1, 0.15) is 0 Å². The van der Waals surface area contributed by atoms with Crippen LogP contribution in [-0.4, -0.2) is 12.0 Å². The van der Waals surface area contributed by atoms with Crippen molar-refractivity contribution in [3.63, 3.8) is 0 Å². The molecule has 0 spiro atoms. The van der Waals surface area contributed by atoms with Gasteiger partial charge in [-0.3, -0.25) is 0 Å². The predicted octanol–water partition coefficient (Wildman–Crippen LogP) is 2.52. The van der Waals surface area contributed by atoms with Gasteiger partial charge in [0.2, 0.25) is 0 Å². The predicted molar refractivity (Wildman–Crippen MR) is 65.0 cm³/mol. The molecule has 6 heteroatoms. The van der Waals surface area contributed by atoms with Crippen molar-refractivity contribution >= 4 is 5.96 Å². The quantitative estimate of drug-likeness (QED) is 0.647. The summed E-state index contributed by atoms with van der Waals surface area (Å²) in [5.74, 6) is 0.141. The maximum atomic E-state index is 12.7. The van der Waals surface area contributed by atoms with Crippen LogP contribution >= 0.6 is 0 Å². The van der Waals surface area contributed by atoms with Crippen molar-refractivity contribution in [2.45, 2.75) is 32.6 Å². The zero-order valence-corrected chi connectivity index (χ0v) is 10.3. The number of nitrogens with one attached hydrogen (secondary N) is 1. The van der Waals surface area contributed by atoms with E-state index >= 15 is 0 Å². The fraction of sp³-hybridized carbons (Fsp3) is 0.417. The molecule has 0 saturated heterocycles. The molecule has 0 aliphatic heterocycles. The molecule has 3 N–H and O–H groups in total. The van der Waals surface area contributed by atoms with Crippen LogP contribution in [0.5, 0.6) is 0 Å². The number of alkyl halides is 3. The van der Waals surface area contributed by atoms with Crippen molar-refractivity contribution in [1.29, 1.82) is 0 Å². The normalized spacial score (nSPS) is 12.9. The fourth-order valence-electron chi connectivity index (χ4n) is 1.45. The first kappa shape index (κ1) is 14.3. The molecule has 1 rings (SSSR count). The molecular weight excluding hydrogens is 243 g/mol. The number of benzene rings is 1. The molecule has 0 bridgehead atoms. The molecule has 0 fully saturated rings. The molecule has 3 nitrogen and oxygen atoms in total. The molecule has 18 heavy (non-hydrogen) atoms. The van der Waals surface area contributed by atoms with E-state index in [0.717, 1.165) is 6.07 Å². The summed E-state index contributed by atoms with van der Waals surface area (Å²) in [5, 5.41) is 2.82. The Hall–Kier alpha value is -1.72. The van der Waals surface area contributed by atoms with Crippen molar-refractivity contribution < 1.29 is 13.2 Å². The monoisotopic (exact) mass is 259 g/mol. The molecular formula is C12H16F3N3. The Morgan fingerprint density at radius 2 is 1.94 bits per heavy atom. The van der Waals surface area contributed by atoms with Gasteiger partial charge >= 0.3 is 6.18 Å². The molecule has 1 aromatic carbocycles. The van der Waals surface area contributed by atoms with Gasteiger partial charge in [0.15, 0.2) is 5.96 Å². The van der Waals surface area contributed by atoms with E-state index in [2.05, 4.69) is 10.3 Å². The number of aliphatic imine (C=N–C) groups is 1. The van der Waals surface area contributed by atoms with Gasteiger partial charge in [-0.05, 0) is 25.5 Å². The molecule has 0 saturated carbocycles. The summed E-state index contributed by atoms with van der Waals surface area (Å²) in [6.45, 7) is 3.64. The van der Waals surface area contributed by atoms with Crippen LogP contribution in [-0.2, 0) is 12.7 Å². The van der Waals surface area contributed by atoms with E-state index in [0.29, 0.717) is 0 Å². The fourth-order valence-corrected chi connectivity index (χ4v) is 1.45. The summed E-state index contributed by atoms with van der Waals surface area (Å²) in [5.41, 5.74) is 4.97. The zero-order valence-electron chi connectivity index (χ0n) is 10.3. The number of rotatable bonds is 3. The van der Waals surface area contributed by atoms with Gasteiger partial charge in [0.05, 0.1) is 12.1 Å². The summed E-state index contributed by atoms with van der Waals surface area (Å²) in [7, 11) is 0. The Labute approximate surface area is 104 Å². The highest BCUT2D eigenvalue weighted by molar-refractivity contribution is 5.78. The molecule has 0 atom stereocenters. The summed E-state index contributed by atoms with van der Waals surface area (Å²) in [6, 6.07) is 5.43. The SMILES string of the molecule is CC(C)NC(N)=NCc1ccccc1C(F)(F)F. The summed E-state index contributed by atoms with van der Waals surface area (Å²) in [6.07, 6.45) is -4.37. The van der Waals surface area contributed by atoms with Crippen molar-refractivity contribution in [2.75, 3.05) is 0 Å². The third kappa shape index (κ3) is 4.27. The van der Waals surface area contributed by atoms with Crippen molar-refractivity contribution in [3.8, 4) is 0 Å². The van der Waals surface area contributed by atoms with Crippen LogP contribution in [0, 0.1) is 0 Å². The van der Waals surface area contributed by atoms with Gasteiger partial charge in [0.25, 0.3) is 0 Å². The van der Waals surface area contributed by atoms with Crippen molar-refractivity contribution in [2.24, 2.45) is 10.7 Å². The Morgan fingerprint density at radius 1 is 1.33 bits per heavy atom. The molecule has 0 heterocycles. The molecule has 0 unspecified atom stereocenters. The first-order valence-electron chi connectivity index (χ1n) is 5.52. The van der Waals surface area contributed by atoms with Crippen molar-refractivity contribution in [3.05, 3.63) is 35.4 Å². The Morgan fingerprint density at radius 3 is 2.50 bits per heavy atom. The lowest BCUT2D eigenvalue weighted by Gasteiger charge is -2.12. The van der Waals surface area contributed by atoms with E-state index in [1.54, 1.807) is 6.07 Å². The average molecular weight is 259 g/mol. The Balaban J connectivity index is 2.86. The lowest BCUT2D eigenvalue weighted by atomic mass is 10.1. The number of hydrogen-bond acceptors (Lipinski definition) is 1. The number of hydrogen-bond donors (Lipinski definition) is 2. The van der Waals surface area contributed by atoms with E-state index in [1.807, 2.05) is 13.8 Å². The lowest BCUT2D eigenvalue weighted by molar-refractivity contribution is -0.138. The smallest absolute Gasteiger partial charge is 0.370 e. The van der Waals surface area contributed by atoms with Crippen LogP contribution in [0.1, 0.15) is 25.0 Å². The second-order valence-electron chi connectivity index (χ2n) is 4.16. The van der Waals surface area contributed by atoms with Crippen molar-refractivity contribution in [1.82, 2.24) is 5.32 Å². The first-order chi connectivity index (χ1) is 8.30. The van der Waals surface area contributed by atoms with E-state index < -0.39 is 11.7 Å². The molecule has 0 aliphatic carbocycles. The first-order valence-corrected chi connectivity index (χ1v) is 5.52. The Bertz CT molecular complexity index is 425. The summed E-state index contributed by atoms with van der Waals surface area (Å²) < 4.78 is 38.1. The molecule has 0 aliphatic rings. The second kappa shape index (κ2) is 5.75. The topological polar surface area (TPSA) is 50.4 Å². The van der Waals surface area contributed by atoms with Crippen LogP contribution in [0.3, 0.4) is 0 Å². The molecule has 1 aromatic rings. The van der Waals surface area contributed by atoms with Gasteiger partial charge < -0.3 is 11.1 Å².